The minimum Gasteiger partial charge on any atom is -0.497 e. The van der Waals surface area contributed by atoms with Crippen molar-refractivity contribution in [3.8, 4) is 5.75 Å². The zero-order valence-corrected chi connectivity index (χ0v) is 12.2. The molecule has 1 aromatic rings. The Hall–Kier alpha value is -1.11. The van der Waals surface area contributed by atoms with E-state index in [1.165, 1.54) is 4.31 Å². The minimum absolute atomic E-state index is 0.0863. The second kappa shape index (κ2) is 5.48. The summed E-state index contributed by atoms with van der Waals surface area (Å²) in [4.78, 5) is 0.287. The quantitative estimate of drug-likeness (QED) is 0.844. The third-order valence-corrected chi connectivity index (χ3v) is 4.93. The lowest BCUT2D eigenvalue weighted by Crippen LogP contribution is -2.48. The molecule has 1 aliphatic rings. The van der Waals surface area contributed by atoms with Gasteiger partial charge >= 0.3 is 0 Å². The molecular formula is C13H19NO4S. The Bertz CT molecular complexity index is 516. The molecule has 0 spiro atoms. The van der Waals surface area contributed by atoms with Crippen molar-refractivity contribution in [3.63, 3.8) is 0 Å². The largest absolute Gasteiger partial charge is 0.497 e. The number of nitrogens with zero attached hydrogens (tertiary/aromatic N) is 1. The molecule has 1 heterocycles. The summed E-state index contributed by atoms with van der Waals surface area (Å²) in [5.41, 5.74) is 0. The molecule has 2 atom stereocenters. The molecule has 0 amide bonds. The van der Waals surface area contributed by atoms with Crippen molar-refractivity contribution >= 4 is 10.0 Å². The van der Waals surface area contributed by atoms with Crippen LogP contribution in [0.2, 0.25) is 0 Å². The highest BCUT2D eigenvalue weighted by Gasteiger charge is 2.32. The molecule has 0 bridgehead atoms. The molecule has 6 heteroatoms. The van der Waals surface area contributed by atoms with Crippen LogP contribution in [-0.2, 0) is 14.8 Å². The van der Waals surface area contributed by atoms with Gasteiger partial charge in [-0.3, -0.25) is 0 Å². The van der Waals surface area contributed by atoms with E-state index >= 15 is 0 Å². The van der Waals surface area contributed by atoms with Crippen molar-refractivity contribution < 1.29 is 17.9 Å². The number of morpholine rings is 1. The second-order valence-electron chi connectivity index (χ2n) is 4.75. The van der Waals surface area contributed by atoms with Gasteiger partial charge in [-0.1, -0.05) is 0 Å². The van der Waals surface area contributed by atoms with E-state index in [0.29, 0.717) is 18.8 Å². The van der Waals surface area contributed by atoms with Crippen LogP contribution >= 0.6 is 0 Å². The number of rotatable bonds is 3. The van der Waals surface area contributed by atoms with Gasteiger partial charge in [0, 0.05) is 13.1 Å². The predicted octanol–water partition coefficient (Wildman–Crippen LogP) is 1.49. The fourth-order valence-electron chi connectivity index (χ4n) is 2.22. The van der Waals surface area contributed by atoms with Crippen LogP contribution in [0.1, 0.15) is 13.8 Å². The summed E-state index contributed by atoms with van der Waals surface area (Å²) in [6, 6.07) is 6.44. The maximum atomic E-state index is 12.5. The van der Waals surface area contributed by atoms with Crippen molar-refractivity contribution in [1.29, 1.82) is 0 Å². The SMILES string of the molecule is COc1ccc(S(=O)(=O)N2CC(C)OC(C)C2)cc1. The molecule has 0 N–H and O–H groups in total. The molecule has 1 aromatic carbocycles. The van der Waals surface area contributed by atoms with Crippen molar-refractivity contribution in [2.24, 2.45) is 0 Å². The zero-order chi connectivity index (χ0) is 14.0. The van der Waals surface area contributed by atoms with Crippen LogP contribution in [-0.4, -0.2) is 45.1 Å². The van der Waals surface area contributed by atoms with Gasteiger partial charge in [0.15, 0.2) is 0 Å². The topological polar surface area (TPSA) is 55.8 Å². The van der Waals surface area contributed by atoms with Gasteiger partial charge in [0.2, 0.25) is 10.0 Å². The Kier molecular flexibility index (Phi) is 4.13. The Morgan fingerprint density at radius 3 is 2.16 bits per heavy atom. The normalized spacial score (nSPS) is 25.2. The summed E-state index contributed by atoms with van der Waals surface area (Å²) in [5.74, 6) is 0.641. The van der Waals surface area contributed by atoms with Crippen LogP contribution in [0.25, 0.3) is 0 Å². The second-order valence-corrected chi connectivity index (χ2v) is 6.69. The van der Waals surface area contributed by atoms with E-state index in [-0.39, 0.29) is 17.1 Å². The fraction of sp³-hybridized carbons (Fsp3) is 0.538. The van der Waals surface area contributed by atoms with Crippen LogP contribution < -0.4 is 4.74 Å². The van der Waals surface area contributed by atoms with Gasteiger partial charge in [0.05, 0.1) is 24.2 Å². The summed E-state index contributed by atoms with van der Waals surface area (Å²) < 4.78 is 37.1. The Morgan fingerprint density at radius 2 is 1.68 bits per heavy atom. The van der Waals surface area contributed by atoms with Gasteiger partial charge in [0.25, 0.3) is 0 Å². The minimum atomic E-state index is -3.46. The average molecular weight is 285 g/mol. The third-order valence-electron chi connectivity index (χ3n) is 3.08. The summed E-state index contributed by atoms with van der Waals surface area (Å²) in [7, 11) is -1.90. The summed E-state index contributed by atoms with van der Waals surface area (Å²) in [5, 5.41) is 0. The van der Waals surface area contributed by atoms with Crippen molar-refractivity contribution in [1.82, 2.24) is 4.31 Å². The van der Waals surface area contributed by atoms with Crippen molar-refractivity contribution in [2.75, 3.05) is 20.2 Å². The van der Waals surface area contributed by atoms with Crippen LogP contribution in [0.5, 0.6) is 5.75 Å². The molecule has 19 heavy (non-hydrogen) atoms. The van der Waals surface area contributed by atoms with E-state index in [9.17, 15) is 8.42 Å². The summed E-state index contributed by atoms with van der Waals surface area (Å²) in [6.07, 6.45) is -0.173. The van der Waals surface area contributed by atoms with Crippen LogP contribution in [0.3, 0.4) is 0 Å². The molecule has 5 nitrogen and oxygen atoms in total. The lowest BCUT2D eigenvalue weighted by Gasteiger charge is -2.34. The highest BCUT2D eigenvalue weighted by Crippen LogP contribution is 2.22. The van der Waals surface area contributed by atoms with Gasteiger partial charge in [-0.15, -0.1) is 0 Å². The molecule has 1 saturated heterocycles. The van der Waals surface area contributed by atoms with Gasteiger partial charge in [-0.2, -0.15) is 4.31 Å². The lowest BCUT2D eigenvalue weighted by atomic mass is 10.3. The molecule has 0 aliphatic carbocycles. The Labute approximate surface area is 114 Å². The fourth-order valence-corrected chi connectivity index (χ4v) is 3.81. The van der Waals surface area contributed by atoms with E-state index in [4.69, 9.17) is 9.47 Å². The van der Waals surface area contributed by atoms with Crippen LogP contribution in [0.4, 0.5) is 0 Å². The summed E-state index contributed by atoms with van der Waals surface area (Å²) >= 11 is 0. The van der Waals surface area contributed by atoms with Gasteiger partial charge in [0.1, 0.15) is 5.75 Å². The molecule has 106 valence electrons. The Balaban J connectivity index is 2.25. The number of hydrogen-bond acceptors (Lipinski definition) is 4. The van der Waals surface area contributed by atoms with Crippen LogP contribution in [0.15, 0.2) is 29.2 Å². The van der Waals surface area contributed by atoms with Gasteiger partial charge in [-0.05, 0) is 38.1 Å². The first-order valence-electron chi connectivity index (χ1n) is 6.23. The maximum Gasteiger partial charge on any atom is 0.243 e. The number of ether oxygens (including phenoxy) is 2. The number of benzene rings is 1. The number of methoxy groups -OCH3 is 1. The average Bonchev–Trinajstić information content (AvgIpc) is 2.37. The Morgan fingerprint density at radius 1 is 1.16 bits per heavy atom. The number of hydrogen-bond donors (Lipinski definition) is 0. The van der Waals surface area contributed by atoms with E-state index in [2.05, 4.69) is 0 Å². The van der Waals surface area contributed by atoms with Crippen molar-refractivity contribution in [2.45, 2.75) is 31.0 Å². The van der Waals surface area contributed by atoms with E-state index in [1.807, 2.05) is 13.8 Å². The van der Waals surface area contributed by atoms with Gasteiger partial charge < -0.3 is 9.47 Å². The molecule has 0 radical (unpaired) electrons. The lowest BCUT2D eigenvalue weighted by molar-refractivity contribution is -0.0440. The van der Waals surface area contributed by atoms with E-state index in [1.54, 1.807) is 31.4 Å². The monoisotopic (exact) mass is 285 g/mol. The standard InChI is InChI=1S/C13H19NO4S/c1-10-8-14(9-11(2)18-10)19(15,16)13-6-4-12(17-3)5-7-13/h4-7,10-11H,8-9H2,1-3H3. The molecule has 2 unspecified atom stereocenters. The van der Waals surface area contributed by atoms with Crippen molar-refractivity contribution in [3.05, 3.63) is 24.3 Å². The summed E-state index contributed by atoms with van der Waals surface area (Å²) in [6.45, 7) is 4.54. The zero-order valence-electron chi connectivity index (χ0n) is 11.4. The first-order valence-corrected chi connectivity index (χ1v) is 7.67. The first kappa shape index (κ1) is 14.3. The molecule has 2 rings (SSSR count). The van der Waals surface area contributed by atoms with Gasteiger partial charge in [-0.25, -0.2) is 8.42 Å². The van der Waals surface area contributed by atoms with Crippen LogP contribution in [0, 0.1) is 0 Å². The molecule has 0 saturated carbocycles. The highest BCUT2D eigenvalue weighted by atomic mass is 32.2. The molecule has 0 aromatic heterocycles. The van der Waals surface area contributed by atoms with E-state index in [0.717, 1.165) is 0 Å². The molecule has 1 fully saturated rings. The highest BCUT2D eigenvalue weighted by molar-refractivity contribution is 7.89. The smallest absolute Gasteiger partial charge is 0.243 e. The van der Waals surface area contributed by atoms with E-state index < -0.39 is 10.0 Å². The third kappa shape index (κ3) is 3.08. The molecule has 1 aliphatic heterocycles. The number of sulfonamides is 1. The first-order chi connectivity index (χ1) is 8.93. The molecular weight excluding hydrogens is 266 g/mol. The maximum absolute atomic E-state index is 12.5. The predicted molar refractivity (Wildman–Crippen MR) is 71.8 cm³/mol.